The van der Waals surface area contributed by atoms with E-state index >= 15 is 0 Å². The normalized spacial score (nSPS) is 20.2. The van der Waals surface area contributed by atoms with E-state index in [1.807, 2.05) is 31.2 Å². The van der Waals surface area contributed by atoms with Crippen molar-refractivity contribution in [3.63, 3.8) is 0 Å². The molecule has 2 aromatic rings. The number of amides is 2. The Hall–Kier alpha value is -2.71. The second kappa shape index (κ2) is 10.1. The molecule has 33 heavy (non-hydrogen) atoms. The predicted molar refractivity (Wildman–Crippen MR) is 126 cm³/mol. The van der Waals surface area contributed by atoms with Gasteiger partial charge >= 0.3 is 0 Å². The molecule has 1 unspecified atom stereocenters. The zero-order chi connectivity index (χ0) is 23.4. The maximum Gasteiger partial charge on any atom is 0.243 e. The average Bonchev–Trinajstić information content (AvgIpc) is 3.20. The minimum atomic E-state index is -3.47. The van der Waals surface area contributed by atoms with E-state index in [0.29, 0.717) is 50.5 Å². The van der Waals surface area contributed by atoms with E-state index in [0.717, 1.165) is 5.56 Å². The fraction of sp³-hybridized carbons (Fsp3) is 0.440. The van der Waals surface area contributed by atoms with Crippen molar-refractivity contribution in [2.45, 2.75) is 37.6 Å². The summed E-state index contributed by atoms with van der Waals surface area (Å²) >= 11 is 0. The van der Waals surface area contributed by atoms with Crippen molar-refractivity contribution in [2.24, 2.45) is 11.8 Å². The van der Waals surface area contributed by atoms with Crippen molar-refractivity contribution in [1.82, 2.24) is 14.5 Å². The Morgan fingerprint density at radius 2 is 1.70 bits per heavy atom. The number of sulfonamides is 1. The predicted octanol–water partition coefficient (Wildman–Crippen LogP) is 2.56. The first-order valence-corrected chi connectivity index (χ1v) is 12.9. The van der Waals surface area contributed by atoms with Crippen LogP contribution in [0.25, 0.3) is 0 Å². The summed E-state index contributed by atoms with van der Waals surface area (Å²) in [6, 6.07) is 16.6. The molecule has 2 amide bonds. The Labute approximate surface area is 195 Å². The molecular formula is C25H31N3O4S. The summed E-state index contributed by atoms with van der Waals surface area (Å²) < 4.78 is 27.1. The Kier molecular flexibility index (Phi) is 7.14. The van der Waals surface area contributed by atoms with E-state index in [2.05, 4.69) is 5.32 Å². The van der Waals surface area contributed by atoms with Crippen molar-refractivity contribution in [3.8, 4) is 0 Å². The Balaban J connectivity index is 1.23. The lowest BCUT2D eigenvalue weighted by molar-refractivity contribution is -0.129. The molecule has 1 atom stereocenters. The molecule has 2 aliphatic heterocycles. The third kappa shape index (κ3) is 5.62. The Morgan fingerprint density at radius 1 is 1.03 bits per heavy atom. The summed E-state index contributed by atoms with van der Waals surface area (Å²) in [6.07, 6.45) is 1.65. The molecule has 0 bridgehead atoms. The largest absolute Gasteiger partial charge is 0.356 e. The second-order valence-corrected chi connectivity index (χ2v) is 11.0. The lowest BCUT2D eigenvalue weighted by Gasteiger charge is -2.31. The van der Waals surface area contributed by atoms with Gasteiger partial charge in [0.15, 0.2) is 0 Å². The number of carbonyl (C=O) groups is 2. The van der Waals surface area contributed by atoms with Crippen LogP contribution in [0.15, 0.2) is 59.5 Å². The molecule has 176 valence electrons. The summed E-state index contributed by atoms with van der Waals surface area (Å²) in [5, 5.41) is 3.01. The number of piperidine rings is 1. The average molecular weight is 470 g/mol. The molecule has 2 fully saturated rings. The molecule has 0 radical (unpaired) electrons. The van der Waals surface area contributed by atoms with Crippen LogP contribution in [-0.2, 0) is 26.2 Å². The van der Waals surface area contributed by atoms with Crippen LogP contribution >= 0.6 is 0 Å². The smallest absolute Gasteiger partial charge is 0.243 e. The number of hydrogen-bond acceptors (Lipinski definition) is 4. The number of aryl methyl sites for hydroxylation is 1. The van der Waals surface area contributed by atoms with E-state index in [1.54, 1.807) is 35.2 Å². The lowest BCUT2D eigenvalue weighted by atomic mass is 9.97. The summed E-state index contributed by atoms with van der Waals surface area (Å²) in [6.45, 7) is 4.40. The van der Waals surface area contributed by atoms with Crippen molar-refractivity contribution in [3.05, 3.63) is 65.7 Å². The third-order valence-corrected chi connectivity index (χ3v) is 8.51. The molecule has 2 saturated heterocycles. The monoisotopic (exact) mass is 469 g/mol. The molecule has 0 saturated carbocycles. The molecule has 2 heterocycles. The van der Waals surface area contributed by atoms with E-state index < -0.39 is 10.0 Å². The van der Waals surface area contributed by atoms with Crippen LogP contribution in [0.3, 0.4) is 0 Å². The Morgan fingerprint density at radius 3 is 2.36 bits per heavy atom. The van der Waals surface area contributed by atoms with Crippen LogP contribution in [-0.4, -0.2) is 55.6 Å². The molecule has 2 aliphatic rings. The van der Waals surface area contributed by atoms with Crippen LogP contribution in [0.2, 0.25) is 0 Å². The van der Waals surface area contributed by atoms with E-state index in [9.17, 15) is 18.0 Å². The number of nitrogens with zero attached hydrogens (tertiary/aromatic N) is 2. The van der Waals surface area contributed by atoms with Gasteiger partial charge in [0.25, 0.3) is 0 Å². The van der Waals surface area contributed by atoms with E-state index in [1.165, 1.54) is 9.87 Å². The second-order valence-electron chi connectivity index (χ2n) is 9.07. The SMILES string of the molecule is Cc1ccc(CN2CC(C(=O)NCC3CCN(S(=O)(=O)c4ccccc4)CC3)CC2=O)cc1. The molecule has 0 spiro atoms. The molecule has 2 aromatic carbocycles. The van der Waals surface area contributed by atoms with Gasteiger partial charge in [-0.2, -0.15) is 4.31 Å². The first-order chi connectivity index (χ1) is 15.8. The number of benzene rings is 2. The van der Waals surface area contributed by atoms with Gasteiger partial charge in [0.1, 0.15) is 0 Å². The van der Waals surface area contributed by atoms with Crippen LogP contribution in [0.4, 0.5) is 0 Å². The Bertz CT molecular complexity index is 1080. The highest BCUT2D eigenvalue weighted by atomic mass is 32.2. The quantitative estimate of drug-likeness (QED) is 0.675. The van der Waals surface area contributed by atoms with Gasteiger partial charge in [0.2, 0.25) is 21.8 Å². The van der Waals surface area contributed by atoms with Crippen LogP contribution in [0.1, 0.15) is 30.4 Å². The molecule has 0 aliphatic carbocycles. The minimum Gasteiger partial charge on any atom is -0.356 e. The van der Waals surface area contributed by atoms with Crippen LogP contribution in [0, 0.1) is 18.8 Å². The summed E-state index contributed by atoms with van der Waals surface area (Å²) in [4.78, 5) is 27.2. The first-order valence-electron chi connectivity index (χ1n) is 11.5. The number of nitrogens with one attached hydrogen (secondary N) is 1. The molecular weight excluding hydrogens is 438 g/mol. The van der Waals surface area contributed by atoms with Crippen LogP contribution in [0.5, 0.6) is 0 Å². The number of hydrogen-bond donors (Lipinski definition) is 1. The van der Waals surface area contributed by atoms with Gasteiger partial charge < -0.3 is 10.2 Å². The maximum absolute atomic E-state index is 12.8. The van der Waals surface area contributed by atoms with E-state index in [4.69, 9.17) is 0 Å². The molecule has 8 heteroatoms. The van der Waals surface area contributed by atoms with E-state index in [-0.39, 0.29) is 30.1 Å². The summed E-state index contributed by atoms with van der Waals surface area (Å²) in [5.74, 6) is -0.178. The van der Waals surface area contributed by atoms with Crippen molar-refractivity contribution in [2.75, 3.05) is 26.2 Å². The topological polar surface area (TPSA) is 86.8 Å². The molecule has 0 aromatic heterocycles. The van der Waals surface area contributed by atoms with Crippen molar-refractivity contribution in [1.29, 1.82) is 0 Å². The van der Waals surface area contributed by atoms with Gasteiger partial charge in [-0.1, -0.05) is 48.0 Å². The van der Waals surface area contributed by atoms with Crippen molar-refractivity contribution >= 4 is 21.8 Å². The number of likely N-dealkylation sites (tertiary alicyclic amines) is 1. The van der Waals surface area contributed by atoms with Gasteiger partial charge in [-0.3, -0.25) is 9.59 Å². The van der Waals surface area contributed by atoms with Crippen molar-refractivity contribution < 1.29 is 18.0 Å². The van der Waals surface area contributed by atoms with Gasteiger partial charge in [0.05, 0.1) is 10.8 Å². The highest BCUT2D eigenvalue weighted by Crippen LogP contribution is 2.24. The number of rotatable bonds is 7. The summed E-state index contributed by atoms with van der Waals surface area (Å²) in [7, 11) is -3.47. The maximum atomic E-state index is 12.8. The fourth-order valence-corrected chi connectivity index (χ4v) is 5.99. The fourth-order valence-electron chi connectivity index (χ4n) is 4.50. The molecule has 4 rings (SSSR count). The van der Waals surface area contributed by atoms with Gasteiger partial charge in [-0.15, -0.1) is 0 Å². The highest BCUT2D eigenvalue weighted by molar-refractivity contribution is 7.89. The van der Waals surface area contributed by atoms with Gasteiger partial charge in [-0.05, 0) is 43.4 Å². The standard InChI is InChI=1S/C25H31N3O4S/c1-19-7-9-21(10-8-19)17-27-18-22(15-24(27)29)25(30)26-16-20-11-13-28(14-12-20)33(31,32)23-5-3-2-4-6-23/h2-10,20,22H,11-18H2,1H3,(H,26,30). The van der Waals surface area contributed by atoms with Gasteiger partial charge in [0, 0.05) is 39.1 Å². The third-order valence-electron chi connectivity index (χ3n) is 6.60. The molecule has 7 nitrogen and oxygen atoms in total. The first kappa shape index (κ1) is 23.4. The minimum absolute atomic E-state index is 0.00940. The summed E-state index contributed by atoms with van der Waals surface area (Å²) in [5.41, 5.74) is 2.24. The highest BCUT2D eigenvalue weighted by Gasteiger charge is 2.35. The molecule has 1 N–H and O–H groups in total. The zero-order valence-corrected chi connectivity index (χ0v) is 19.8. The number of carbonyl (C=O) groups excluding carboxylic acids is 2. The zero-order valence-electron chi connectivity index (χ0n) is 18.9. The van der Waals surface area contributed by atoms with Crippen LogP contribution < -0.4 is 5.32 Å². The van der Waals surface area contributed by atoms with Gasteiger partial charge in [-0.25, -0.2) is 8.42 Å². The lowest BCUT2D eigenvalue weighted by Crippen LogP contribution is -2.42.